The van der Waals surface area contributed by atoms with E-state index in [2.05, 4.69) is 75.7 Å². The van der Waals surface area contributed by atoms with Gasteiger partial charge in [0.15, 0.2) is 5.96 Å². The number of nitrogens with one attached hydrogen (secondary N) is 2. The van der Waals surface area contributed by atoms with Gasteiger partial charge in [0.05, 0.1) is 6.54 Å². The van der Waals surface area contributed by atoms with Crippen LogP contribution in [0.5, 0.6) is 0 Å². The van der Waals surface area contributed by atoms with Crippen molar-refractivity contribution in [3.05, 3.63) is 78.0 Å². The molecule has 1 saturated heterocycles. The van der Waals surface area contributed by atoms with Crippen molar-refractivity contribution in [2.75, 3.05) is 13.1 Å². The number of benzene rings is 1. The molecular weight excluding hydrogens is 398 g/mol. The van der Waals surface area contributed by atoms with Gasteiger partial charge >= 0.3 is 0 Å². The fourth-order valence-electron chi connectivity index (χ4n) is 4.20. The predicted molar refractivity (Wildman–Crippen MR) is 129 cm³/mol. The number of nitrogens with zero attached hydrogens (tertiary/aromatic N) is 5. The lowest BCUT2D eigenvalue weighted by Gasteiger charge is -2.21. The second-order valence-corrected chi connectivity index (χ2v) is 8.41. The summed E-state index contributed by atoms with van der Waals surface area (Å²) >= 11 is 0. The van der Waals surface area contributed by atoms with Gasteiger partial charge in [-0.1, -0.05) is 36.4 Å². The molecule has 4 rings (SSSR count). The maximum absolute atomic E-state index is 4.81. The van der Waals surface area contributed by atoms with Crippen LogP contribution in [0.15, 0.2) is 66.0 Å². The Morgan fingerprint density at radius 1 is 1.12 bits per heavy atom. The number of aromatic nitrogens is 3. The van der Waals surface area contributed by atoms with Crippen LogP contribution in [0, 0.1) is 6.92 Å². The van der Waals surface area contributed by atoms with Crippen LogP contribution in [0.4, 0.5) is 0 Å². The molecule has 2 atom stereocenters. The van der Waals surface area contributed by atoms with Crippen molar-refractivity contribution in [3.63, 3.8) is 0 Å². The molecule has 7 nitrogen and oxygen atoms in total. The second-order valence-electron chi connectivity index (χ2n) is 8.41. The Labute approximate surface area is 190 Å². The normalized spacial score (nSPS) is 19.3. The number of hydrogen-bond acceptors (Lipinski definition) is 4. The van der Waals surface area contributed by atoms with Crippen molar-refractivity contribution >= 4 is 5.96 Å². The summed E-state index contributed by atoms with van der Waals surface area (Å²) in [7, 11) is 0. The highest BCUT2D eigenvalue weighted by atomic mass is 15.3. The van der Waals surface area contributed by atoms with Gasteiger partial charge in [-0.3, -0.25) is 9.47 Å². The van der Waals surface area contributed by atoms with Crippen LogP contribution in [0.3, 0.4) is 0 Å². The van der Waals surface area contributed by atoms with E-state index in [0.717, 1.165) is 49.2 Å². The highest BCUT2D eigenvalue weighted by Crippen LogP contribution is 2.20. The quantitative estimate of drug-likeness (QED) is 0.444. The molecule has 0 amide bonds. The number of guanidine groups is 1. The molecule has 2 aromatic heterocycles. The molecule has 3 aromatic rings. The minimum Gasteiger partial charge on any atom is -0.357 e. The summed E-state index contributed by atoms with van der Waals surface area (Å²) < 4.78 is 1.97. The third-order valence-corrected chi connectivity index (χ3v) is 5.92. The van der Waals surface area contributed by atoms with E-state index in [1.807, 2.05) is 30.0 Å². The first-order valence-corrected chi connectivity index (χ1v) is 11.4. The van der Waals surface area contributed by atoms with E-state index < -0.39 is 0 Å². The van der Waals surface area contributed by atoms with Gasteiger partial charge in [0.2, 0.25) is 0 Å². The van der Waals surface area contributed by atoms with Gasteiger partial charge in [-0.25, -0.2) is 15.0 Å². The zero-order valence-electron chi connectivity index (χ0n) is 19.2. The molecule has 168 valence electrons. The Balaban J connectivity index is 1.35. The minimum atomic E-state index is 0.385. The Morgan fingerprint density at radius 2 is 1.97 bits per heavy atom. The van der Waals surface area contributed by atoms with Gasteiger partial charge in [-0.2, -0.15) is 0 Å². The number of likely N-dealkylation sites (tertiary alicyclic amines) is 1. The number of aliphatic imine (C=N–C) groups is 1. The van der Waals surface area contributed by atoms with E-state index in [1.165, 1.54) is 5.56 Å². The maximum atomic E-state index is 4.81. The smallest absolute Gasteiger partial charge is 0.191 e. The van der Waals surface area contributed by atoms with Crippen molar-refractivity contribution in [2.45, 2.75) is 52.4 Å². The summed E-state index contributed by atoms with van der Waals surface area (Å²) in [4.78, 5) is 16.2. The predicted octanol–water partition coefficient (Wildman–Crippen LogP) is 3.29. The first-order chi connectivity index (χ1) is 15.6. The Morgan fingerprint density at radius 3 is 2.66 bits per heavy atom. The van der Waals surface area contributed by atoms with Crippen LogP contribution < -0.4 is 10.6 Å². The molecule has 0 saturated carbocycles. The molecule has 7 heteroatoms. The number of rotatable bonds is 7. The van der Waals surface area contributed by atoms with E-state index in [0.29, 0.717) is 18.6 Å². The lowest BCUT2D eigenvalue weighted by atomic mass is 10.2. The first kappa shape index (κ1) is 22.0. The van der Waals surface area contributed by atoms with Gasteiger partial charge in [0, 0.05) is 50.3 Å². The summed E-state index contributed by atoms with van der Waals surface area (Å²) in [5, 5.41) is 7.03. The van der Waals surface area contributed by atoms with E-state index in [1.54, 1.807) is 6.20 Å². The fourth-order valence-corrected chi connectivity index (χ4v) is 4.20. The molecular formula is C25H33N7. The zero-order valence-corrected chi connectivity index (χ0v) is 19.2. The second kappa shape index (κ2) is 10.4. The molecule has 32 heavy (non-hydrogen) atoms. The molecule has 0 spiro atoms. The number of imidazole rings is 1. The summed E-state index contributed by atoms with van der Waals surface area (Å²) in [6.45, 7) is 9.80. The largest absolute Gasteiger partial charge is 0.357 e. The van der Waals surface area contributed by atoms with Crippen molar-refractivity contribution in [2.24, 2.45) is 4.99 Å². The van der Waals surface area contributed by atoms with E-state index in [4.69, 9.17) is 4.99 Å². The summed E-state index contributed by atoms with van der Waals surface area (Å²) in [5.74, 6) is 2.66. The molecule has 0 bridgehead atoms. The van der Waals surface area contributed by atoms with E-state index in [-0.39, 0.29) is 0 Å². The zero-order chi connectivity index (χ0) is 22.3. The van der Waals surface area contributed by atoms with Crippen molar-refractivity contribution < 1.29 is 0 Å². The molecule has 3 heterocycles. The maximum Gasteiger partial charge on any atom is 0.191 e. The van der Waals surface area contributed by atoms with Gasteiger partial charge in [0.25, 0.3) is 0 Å². The SMILES string of the molecule is CCNC(=NCc1ccc(-n2ccnc2C)nc1)NC1CC(C)N(Cc2ccccc2)C1. The van der Waals surface area contributed by atoms with Crippen molar-refractivity contribution in [1.82, 2.24) is 30.1 Å². The standard InChI is InChI=1S/C25H33N7/c1-4-26-25(29-16-22-10-11-24(28-15-22)32-13-12-27-20(32)3)30-23-14-19(2)31(18-23)17-21-8-6-5-7-9-21/h5-13,15,19,23H,4,14,16-18H2,1-3H3,(H2,26,29,30). The molecule has 2 unspecified atom stereocenters. The first-order valence-electron chi connectivity index (χ1n) is 11.4. The van der Waals surface area contributed by atoms with Crippen LogP contribution >= 0.6 is 0 Å². The third kappa shape index (κ3) is 5.53. The Hall–Kier alpha value is -3.19. The third-order valence-electron chi connectivity index (χ3n) is 5.92. The monoisotopic (exact) mass is 431 g/mol. The Kier molecular flexibility index (Phi) is 7.17. The van der Waals surface area contributed by atoms with Crippen LogP contribution in [0.25, 0.3) is 5.82 Å². The Bertz CT molecular complexity index is 1010. The summed E-state index contributed by atoms with van der Waals surface area (Å²) in [5.41, 5.74) is 2.44. The topological polar surface area (TPSA) is 70.4 Å². The minimum absolute atomic E-state index is 0.385. The highest BCUT2D eigenvalue weighted by molar-refractivity contribution is 5.80. The van der Waals surface area contributed by atoms with Crippen LogP contribution in [0.1, 0.15) is 37.2 Å². The van der Waals surface area contributed by atoms with Crippen LogP contribution in [-0.2, 0) is 13.1 Å². The molecule has 1 fully saturated rings. The van der Waals surface area contributed by atoms with E-state index in [9.17, 15) is 0 Å². The van der Waals surface area contributed by atoms with Crippen LogP contribution in [0.2, 0.25) is 0 Å². The lowest BCUT2D eigenvalue weighted by Crippen LogP contribution is -2.44. The summed E-state index contributed by atoms with van der Waals surface area (Å²) in [6.07, 6.45) is 6.71. The molecule has 2 N–H and O–H groups in total. The van der Waals surface area contributed by atoms with Gasteiger partial charge in [-0.15, -0.1) is 0 Å². The number of pyridine rings is 1. The molecule has 1 aromatic carbocycles. The molecule has 1 aliphatic rings. The van der Waals surface area contributed by atoms with Gasteiger partial charge in [0.1, 0.15) is 11.6 Å². The molecule has 1 aliphatic heterocycles. The number of aryl methyl sites for hydroxylation is 1. The average Bonchev–Trinajstić information content (AvgIpc) is 3.38. The summed E-state index contributed by atoms with van der Waals surface area (Å²) in [6, 6.07) is 15.7. The van der Waals surface area contributed by atoms with Crippen molar-refractivity contribution in [3.8, 4) is 5.82 Å². The number of hydrogen-bond donors (Lipinski definition) is 2. The van der Waals surface area contributed by atoms with Crippen LogP contribution in [-0.4, -0.2) is 50.6 Å². The van der Waals surface area contributed by atoms with E-state index >= 15 is 0 Å². The van der Waals surface area contributed by atoms with Crippen molar-refractivity contribution in [1.29, 1.82) is 0 Å². The fraction of sp³-hybridized carbons (Fsp3) is 0.400. The molecule has 0 radical (unpaired) electrons. The lowest BCUT2D eigenvalue weighted by molar-refractivity contribution is 0.258. The highest BCUT2D eigenvalue weighted by Gasteiger charge is 2.29. The van der Waals surface area contributed by atoms with Gasteiger partial charge in [-0.05, 0) is 44.4 Å². The average molecular weight is 432 g/mol. The van der Waals surface area contributed by atoms with Gasteiger partial charge < -0.3 is 10.6 Å². The molecule has 0 aliphatic carbocycles.